The molecule has 19 heteroatoms. The number of ketones is 1. The van der Waals surface area contributed by atoms with Crippen LogP contribution in [0.2, 0.25) is 0 Å². The molecule has 0 amide bonds. The summed E-state index contributed by atoms with van der Waals surface area (Å²) in [7, 11) is 3.53. The monoisotopic (exact) mass is 1090 g/mol. The molecule has 0 aromatic carbocycles. The number of aliphatic hydroxyl groups excluding tert-OH is 9. The summed E-state index contributed by atoms with van der Waals surface area (Å²) in [5, 5.41) is 118. The van der Waals surface area contributed by atoms with Gasteiger partial charge in [-0.15, -0.1) is 0 Å². The highest BCUT2D eigenvalue weighted by atomic mass is 16.7. The molecule has 2 heterocycles. The summed E-state index contributed by atoms with van der Waals surface area (Å²) in [4.78, 5) is 42.3. The Kier molecular flexibility index (Phi) is 32.1. The number of carbonyl (C=O) groups is 3. The highest BCUT2D eigenvalue weighted by Gasteiger charge is 2.50. The van der Waals surface area contributed by atoms with Crippen LogP contribution in [0.25, 0.3) is 0 Å². The molecule has 0 saturated carbocycles. The van der Waals surface area contributed by atoms with Crippen molar-refractivity contribution in [2.45, 2.75) is 231 Å². The molecular formula is C58H99N3O16. The molecule has 18 unspecified atom stereocenters. The van der Waals surface area contributed by atoms with Crippen LogP contribution in [0.1, 0.15) is 152 Å². The molecule has 1 saturated heterocycles. The summed E-state index contributed by atoms with van der Waals surface area (Å²) in [6.07, 6.45) is 2.75. The van der Waals surface area contributed by atoms with Gasteiger partial charge in [0.1, 0.15) is 30.5 Å². The summed E-state index contributed by atoms with van der Waals surface area (Å²) in [5.41, 5.74) is 0.823. The number of allylic oxidation sites excluding steroid dienone is 6. The van der Waals surface area contributed by atoms with Crippen molar-refractivity contribution < 1.29 is 79.7 Å². The molecule has 0 aliphatic carbocycles. The van der Waals surface area contributed by atoms with Gasteiger partial charge in [0.25, 0.3) is 0 Å². The zero-order valence-electron chi connectivity index (χ0n) is 47.6. The third kappa shape index (κ3) is 25.9. The predicted octanol–water partition coefficient (Wildman–Crippen LogP) is 4.14. The molecule has 2 bridgehead atoms. The first-order valence-electron chi connectivity index (χ1n) is 27.9. The zero-order valence-corrected chi connectivity index (χ0v) is 47.6. The lowest BCUT2D eigenvalue weighted by Gasteiger charge is -2.45. The zero-order chi connectivity index (χ0) is 58.0. The van der Waals surface area contributed by atoms with E-state index in [0.717, 1.165) is 44.6 Å². The van der Waals surface area contributed by atoms with Crippen LogP contribution in [0, 0.1) is 29.6 Å². The lowest BCUT2D eigenvalue weighted by atomic mass is 9.84. The SMILES string of the molecule is CN=C(NC)NCCCC=CCCCC(C)C1OC(=O)C(C)=CC=CC(C)C(O)CC(O)C(C)C(O)CCC(C)C(O)CC2(O)OC(CC(O)CC(OC(=O)CC(C)=O)CC(O)CC(O)C(C)=CC=CC1C)CC(O)C2O. The van der Waals surface area contributed by atoms with Crippen molar-refractivity contribution in [1.82, 2.24) is 10.6 Å². The van der Waals surface area contributed by atoms with E-state index in [-0.39, 0.29) is 63.2 Å². The van der Waals surface area contributed by atoms with Crippen molar-refractivity contribution in [2.24, 2.45) is 34.6 Å². The maximum absolute atomic E-state index is 13.7. The fourth-order valence-electron chi connectivity index (χ4n) is 9.71. The Morgan fingerprint density at radius 1 is 0.805 bits per heavy atom. The predicted molar refractivity (Wildman–Crippen MR) is 295 cm³/mol. The second-order valence-corrected chi connectivity index (χ2v) is 22.1. The number of cyclic esters (lactones) is 1. The fraction of sp³-hybridized carbons (Fsp3) is 0.759. The molecule has 18 atom stereocenters. The molecule has 77 heavy (non-hydrogen) atoms. The molecular weight excluding hydrogens is 995 g/mol. The Morgan fingerprint density at radius 2 is 1.43 bits per heavy atom. The molecule has 1 fully saturated rings. The van der Waals surface area contributed by atoms with Crippen LogP contribution < -0.4 is 10.6 Å². The Hall–Kier alpha value is -3.86. The van der Waals surface area contributed by atoms with Crippen LogP contribution in [-0.2, 0) is 28.6 Å². The first kappa shape index (κ1) is 69.2. The van der Waals surface area contributed by atoms with E-state index in [9.17, 15) is 65.4 Å². The molecule has 2 aliphatic rings. The van der Waals surface area contributed by atoms with Crippen molar-refractivity contribution in [3.05, 3.63) is 59.8 Å². The number of hydrogen-bond donors (Lipinski definition) is 12. The van der Waals surface area contributed by atoms with Gasteiger partial charge in [-0.3, -0.25) is 14.6 Å². The van der Waals surface area contributed by atoms with Gasteiger partial charge < -0.3 is 75.9 Å². The third-order valence-corrected chi connectivity index (χ3v) is 15.1. The molecule has 442 valence electrons. The molecule has 0 aromatic heterocycles. The van der Waals surface area contributed by atoms with E-state index in [4.69, 9.17) is 14.2 Å². The number of hydrogen-bond acceptors (Lipinski definition) is 17. The minimum Gasteiger partial charge on any atom is -0.462 e. The van der Waals surface area contributed by atoms with E-state index in [1.165, 1.54) is 6.92 Å². The van der Waals surface area contributed by atoms with Crippen molar-refractivity contribution >= 4 is 23.7 Å². The van der Waals surface area contributed by atoms with Gasteiger partial charge in [-0.05, 0) is 89.5 Å². The molecule has 0 aromatic rings. The minimum absolute atomic E-state index is 0.0538. The molecule has 2 aliphatic heterocycles. The van der Waals surface area contributed by atoms with Gasteiger partial charge in [-0.25, -0.2) is 4.79 Å². The maximum atomic E-state index is 13.7. The first-order chi connectivity index (χ1) is 36.2. The summed E-state index contributed by atoms with van der Waals surface area (Å²) in [5.74, 6) is -5.61. The van der Waals surface area contributed by atoms with Crippen LogP contribution in [0.4, 0.5) is 0 Å². The number of nitrogens with zero attached hydrogens (tertiary/aromatic N) is 1. The van der Waals surface area contributed by atoms with Crippen molar-refractivity contribution in [1.29, 1.82) is 0 Å². The number of fused-ring (bicyclic) bond motifs is 2. The van der Waals surface area contributed by atoms with Crippen LogP contribution in [0.3, 0.4) is 0 Å². The van der Waals surface area contributed by atoms with Crippen LogP contribution >= 0.6 is 0 Å². The molecule has 2 rings (SSSR count). The van der Waals surface area contributed by atoms with Gasteiger partial charge in [-0.1, -0.05) is 83.2 Å². The Balaban J connectivity index is 2.44. The Bertz CT molecular complexity index is 1940. The van der Waals surface area contributed by atoms with E-state index in [1.54, 1.807) is 72.0 Å². The first-order valence-corrected chi connectivity index (χ1v) is 27.9. The summed E-state index contributed by atoms with van der Waals surface area (Å²) >= 11 is 0. The largest absolute Gasteiger partial charge is 0.462 e. The molecule has 0 spiro atoms. The minimum atomic E-state index is -2.45. The van der Waals surface area contributed by atoms with Gasteiger partial charge >= 0.3 is 11.9 Å². The second-order valence-electron chi connectivity index (χ2n) is 22.1. The van der Waals surface area contributed by atoms with Gasteiger partial charge in [0, 0.05) is 82.5 Å². The van der Waals surface area contributed by atoms with E-state index in [1.807, 2.05) is 27.0 Å². The van der Waals surface area contributed by atoms with Crippen molar-refractivity contribution in [3.8, 4) is 0 Å². The number of ether oxygens (including phenoxy) is 3. The van der Waals surface area contributed by atoms with E-state index >= 15 is 0 Å². The highest BCUT2D eigenvalue weighted by Crippen LogP contribution is 2.36. The van der Waals surface area contributed by atoms with Gasteiger partial charge in [0.2, 0.25) is 0 Å². The van der Waals surface area contributed by atoms with Crippen LogP contribution in [0.5, 0.6) is 0 Å². The van der Waals surface area contributed by atoms with E-state index in [2.05, 4.69) is 27.8 Å². The Labute approximate surface area is 458 Å². The average molecular weight is 1090 g/mol. The number of Topliss-reactive ketones (excluding diaryl/α,β-unsaturated/α-hetero) is 1. The quantitative estimate of drug-likeness (QED) is 0.0326. The van der Waals surface area contributed by atoms with Crippen molar-refractivity contribution in [3.63, 3.8) is 0 Å². The van der Waals surface area contributed by atoms with E-state index < -0.39 is 127 Å². The summed E-state index contributed by atoms with van der Waals surface area (Å²) in [6, 6.07) is 0. The number of guanidine groups is 1. The smallest absolute Gasteiger partial charge is 0.334 e. The number of esters is 2. The number of unbranched alkanes of at least 4 members (excludes halogenated alkanes) is 2. The highest BCUT2D eigenvalue weighted by molar-refractivity contribution is 5.94. The lowest BCUT2D eigenvalue weighted by molar-refractivity contribution is -0.333. The molecule has 0 radical (unpaired) electrons. The van der Waals surface area contributed by atoms with Crippen LogP contribution in [0.15, 0.2) is 64.7 Å². The van der Waals surface area contributed by atoms with Gasteiger partial charge in [-0.2, -0.15) is 0 Å². The number of aliphatic hydroxyl groups is 10. The summed E-state index contributed by atoms with van der Waals surface area (Å²) in [6.45, 7) is 14.4. The third-order valence-electron chi connectivity index (χ3n) is 15.1. The molecule has 19 nitrogen and oxygen atoms in total. The maximum Gasteiger partial charge on any atom is 0.334 e. The standard InChI is InChI=1S/C58H99N3O16/c1-35-20-17-22-39(5)54(38(4)19-15-13-11-12-14-16-26-61-57(59-9)60-10)76-56(73)40(6)23-18-21-36(2)49(67)33-50(68)42(8)47(65)25-24-37(3)52(70)34-58(74)55(72)51(69)32-46(77-58)30-43(63)28-45(29-44(64)31-48(35)66)75-53(71)27-41(7)62/h11-12,17-18,20-23,36-39,42-52,54-55,63-70,72,74H,13-16,19,24-34H2,1-10H3,(H2,59,60,61). The lowest BCUT2D eigenvalue weighted by Crippen LogP contribution is -2.59. The number of aliphatic imine (C=N–C) groups is 1. The fourth-order valence-corrected chi connectivity index (χ4v) is 9.71. The number of rotatable bonds is 12. The number of carbonyl (C=O) groups excluding carboxylic acids is 3. The second kappa shape index (κ2) is 35.7. The van der Waals surface area contributed by atoms with Gasteiger partial charge in [0.15, 0.2) is 11.7 Å². The topological polar surface area (TPSA) is 318 Å². The summed E-state index contributed by atoms with van der Waals surface area (Å²) < 4.78 is 17.6. The normalized spacial score (nSPS) is 35.4. The average Bonchev–Trinajstić information content (AvgIpc) is 3.35. The van der Waals surface area contributed by atoms with E-state index in [0.29, 0.717) is 11.1 Å². The number of nitrogens with one attached hydrogen (secondary N) is 2. The van der Waals surface area contributed by atoms with Crippen LogP contribution in [-0.4, -0.2) is 174 Å². The van der Waals surface area contributed by atoms with Crippen molar-refractivity contribution in [2.75, 3.05) is 20.6 Å². The van der Waals surface area contributed by atoms with Gasteiger partial charge in [0.05, 0.1) is 54.9 Å². The Morgan fingerprint density at radius 3 is 2.06 bits per heavy atom. The molecule has 12 N–H and O–H groups in total.